The molecule has 1 aromatic heterocycles. The molecule has 1 heterocycles. The van der Waals surface area contributed by atoms with Crippen LogP contribution in [0.1, 0.15) is 69.7 Å². The molecule has 3 aromatic rings. The van der Waals surface area contributed by atoms with Gasteiger partial charge < -0.3 is 0 Å². The van der Waals surface area contributed by atoms with Crippen molar-refractivity contribution in [2.24, 2.45) is 0 Å². The molecule has 0 N–H and O–H groups in total. The van der Waals surface area contributed by atoms with E-state index in [9.17, 15) is 9.59 Å². The number of aromatic nitrogens is 2. The molecule has 2 aliphatic carbocycles. The van der Waals surface area contributed by atoms with Gasteiger partial charge in [-0.15, -0.1) is 10.2 Å². The molecule has 4 nitrogen and oxygen atoms in total. The van der Waals surface area contributed by atoms with Crippen LogP contribution in [-0.2, 0) is 25.7 Å². The van der Waals surface area contributed by atoms with Crippen molar-refractivity contribution in [1.29, 1.82) is 0 Å². The SMILES string of the molecule is CC(Sc1nnc(SC(C)C(=O)c2ccc3c(c2)CCC3)s1)C(=O)c1ccc2c(c1)CCC2. The molecule has 0 aliphatic heterocycles. The summed E-state index contributed by atoms with van der Waals surface area (Å²) in [6, 6.07) is 12.2. The molecule has 33 heavy (non-hydrogen) atoms. The summed E-state index contributed by atoms with van der Waals surface area (Å²) in [4.78, 5) is 25.9. The Bertz CT molecular complexity index is 1130. The van der Waals surface area contributed by atoms with Gasteiger partial charge in [0, 0.05) is 11.1 Å². The molecule has 0 amide bonds. The number of thioether (sulfide) groups is 2. The molecule has 2 aliphatic rings. The van der Waals surface area contributed by atoms with E-state index in [1.807, 2.05) is 26.0 Å². The molecule has 0 saturated carbocycles. The number of hydrogen-bond donors (Lipinski definition) is 0. The predicted octanol–water partition coefficient (Wildman–Crippen LogP) is 6.24. The van der Waals surface area contributed by atoms with E-state index in [0.717, 1.165) is 45.5 Å². The van der Waals surface area contributed by atoms with E-state index < -0.39 is 0 Å². The van der Waals surface area contributed by atoms with E-state index in [0.29, 0.717) is 0 Å². The lowest BCUT2D eigenvalue weighted by Crippen LogP contribution is -2.13. The number of benzene rings is 2. The quantitative estimate of drug-likeness (QED) is 0.273. The van der Waals surface area contributed by atoms with Crippen molar-refractivity contribution in [2.75, 3.05) is 0 Å². The minimum absolute atomic E-state index is 0.124. The molecule has 2 atom stereocenters. The van der Waals surface area contributed by atoms with E-state index in [4.69, 9.17) is 0 Å². The monoisotopic (exact) mass is 494 g/mol. The van der Waals surface area contributed by atoms with Crippen LogP contribution < -0.4 is 0 Å². The van der Waals surface area contributed by atoms with Crippen molar-refractivity contribution in [3.63, 3.8) is 0 Å². The Kier molecular flexibility index (Phi) is 6.72. The fourth-order valence-electron chi connectivity index (χ4n) is 4.62. The van der Waals surface area contributed by atoms with Gasteiger partial charge in [0.25, 0.3) is 0 Å². The van der Waals surface area contributed by atoms with Crippen molar-refractivity contribution < 1.29 is 9.59 Å². The molecule has 7 heteroatoms. The fourth-order valence-corrected chi connectivity index (χ4v) is 8.08. The normalized spacial score (nSPS) is 16.3. The van der Waals surface area contributed by atoms with Gasteiger partial charge in [-0.3, -0.25) is 9.59 Å². The summed E-state index contributed by atoms with van der Waals surface area (Å²) in [6.07, 6.45) is 6.72. The first-order valence-electron chi connectivity index (χ1n) is 11.5. The number of carbonyl (C=O) groups excluding carboxylic acids is 2. The van der Waals surface area contributed by atoms with Crippen molar-refractivity contribution in [3.05, 3.63) is 69.8 Å². The smallest absolute Gasteiger partial charge is 0.175 e. The summed E-state index contributed by atoms with van der Waals surface area (Å²) < 4.78 is 1.52. The highest BCUT2D eigenvalue weighted by atomic mass is 32.2. The Morgan fingerprint density at radius 1 is 0.727 bits per heavy atom. The third kappa shape index (κ3) is 4.96. The van der Waals surface area contributed by atoms with Crippen molar-refractivity contribution in [1.82, 2.24) is 10.2 Å². The highest BCUT2D eigenvalue weighted by molar-refractivity contribution is 8.04. The second kappa shape index (κ2) is 9.72. The Labute approximate surface area is 207 Å². The van der Waals surface area contributed by atoms with Gasteiger partial charge in [-0.2, -0.15) is 0 Å². The summed E-state index contributed by atoms with van der Waals surface area (Å²) >= 11 is 4.34. The second-order valence-electron chi connectivity index (χ2n) is 8.76. The molecule has 2 aromatic carbocycles. The number of Topliss-reactive ketones (excluding diaryl/α,β-unsaturated/α-hetero) is 2. The first-order chi connectivity index (χ1) is 16.0. The molecular formula is C26H26N2O2S3. The van der Waals surface area contributed by atoms with Gasteiger partial charge in [-0.25, -0.2) is 0 Å². The number of aryl methyl sites for hydroxylation is 4. The standard InChI is InChI=1S/C26H26N2O2S3/c1-15(23(29)21-11-9-17-5-3-7-19(17)13-21)31-25-27-28-26(33-25)32-16(2)24(30)22-12-10-18-6-4-8-20(18)14-22/h9-16H,3-8H2,1-2H3. The highest BCUT2D eigenvalue weighted by Gasteiger charge is 2.23. The molecule has 0 saturated heterocycles. The van der Waals surface area contributed by atoms with Gasteiger partial charge in [0.2, 0.25) is 0 Å². The van der Waals surface area contributed by atoms with Crippen LogP contribution in [-0.4, -0.2) is 32.3 Å². The summed E-state index contributed by atoms with van der Waals surface area (Å²) in [5.74, 6) is 0.249. The zero-order valence-electron chi connectivity index (χ0n) is 18.8. The first-order valence-corrected chi connectivity index (χ1v) is 14.0. The lowest BCUT2D eigenvalue weighted by Gasteiger charge is -2.10. The van der Waals surface area contributed by atoms with Crippen LogP contribution in [0.4, 0.5) is 0 Å². The number of carbonyl (C=O) groups is 2. The molecule has 5 rings (SSSR count). The van der Waals surface area contributed by atoms with E-state index in [2.05, 4.69) is 34.5 Å². The van der Waals surface area contributed by atoms with Crippen LogP contribution in [0.2, 0.25) is 0 Å². The first kappa shape index (κ1) is 22.8. The van der Waals surface area contributed by atoms with Crippen LogP contribution in [0.5, 0.6) is 0 Å². The van der Waals surface area contributed by atoms with Gasteiger partial charge in [0.15, 0.2) is 20.2 Å². The van der Waals surface area contributed by atoms with Crippen LogP contribution in [0.3, 0.4) is 0 Å². The van der Waals surface area contributed by atoms with Crippen LogP contribution in [0, 0.1) is 0 Å². The zero-order valence-corrected chi connectivity index (χ0v) is 21.2. The highest BCUT2D eigenvalue weighted by Crippen LogP contribution is 2.35. The van der Waals surface area contributed by atoms with Crippen molar-refractivity contribution in [2.45, 2.75) is 71.6 Å². The molecule has 0 fully saturated rings. The van der Waals surface area contributed by atoms with E-state index >= 15 is 0 Å². The van der Waals surface area contributed by atoms with Crippen LogP contribution >= 0.6 is 34.9 Å². The van der Waals surface area contributed by atoms with Gasteiger partial charge in [-0.05, 0) is 86.8 Å². The minimum Gasteiger partial charge on any atom is -0.293 e. The third-order valence-electron chi connectivity index (χ3n) is 6.45. The van der Waals surface area contributed by atoms with Gasteiger partial charge in [0.05, 0.1) is 10.5 Å². The molecule has 0 radical (unpaired) electrons. The van der Waals surface area contributed by atoms with Gasteiger partial charge in [0.1, 0.15) is 0 Å². The lowest BCUT2D eigenvalue weighted by molar-refractivity contribution is 0.0986. The van der Waals surface area contributed by atoms with Crippen LogP contribution in [0.15, 0.2) is 45.1 Å². The van der Waals surface area contributed by atoms with E-state index in [1.165, 1.54) is 70.0 Å². The van der Waals surface area contributed by atoms with E-state index in [-0.39, 0.29) is 22.1 Å². The number of nitrogens with zero attached hydrogens (tertiary/aromatic N) is 2. The molecular weight excluding hydrogens is 468 g/mol. The minimum atomic E-state index is -0.235. The van der Waals surface area contributed by atoms with Crippen molar-refractivity contribution >= 4 is 46.4 Å². The second-order valence-corrected chi connectivity index (χ2v) is 12.9. The summed E-state index contributed by atoms with van der Waals surface area (Å²) in [5.41, 5.74) is 6.94. The average Bonchev–Trinajstić information content (AvgIpc) is 3.57. The Hall–Kier alpha value is -1.96. The zero-order chi connectivity index (χ0) is 22.9. The molecule has 170 valence electrons. The summed E-state index contributed by atoms with van der Waals surface area (Å²) in [7, 11) is 0. The molecule has 0 spiro atoms. The van der Waals surface area contributed by atoms with Gasteiger partial charge in [-0.1, -0.05) is 59.1 Å². The number of fused-ring (bicyclic) bond motifs is 2. The average molecular weight is 495 g/mol. The molecule has 0 bridgehead atoms. The topological polar surface area (TPSA) is 59.9 Å². The molecule has 2 unspecified atom stereocenters. The fraction of sp³-hybridized carbons (Fsp3) is 0.385. The third-order valence-corrected chi connectivity index (χ3v) is 9.74. The Balaban J connectivity index is 1.20. The number of rotatable bonds is 8. The number of hydrogen-bond acceptors (Lipinski definition) is 7. The summed E-state index contributed by atoms with van der Waals surface area (Å²) in [5, 5.41) is 8.07. The van der Waals surface area contributed by atoms with E-state index in [1.54, 1.807) is 0 Å². The Morgan fingerprint density at radius 2 is 1.15 bits per heavy atom. The maximum absolute atomic E-state index is 12.9. The Morgan fingerprint density at radius 3 is 1.61 bits per heavy atom. The van der Waals surface area contributed by atoms with Crippen molar-refractivity contribution in [3.8, 4) is 0 Å². The maximum atomic E-state index is 12.9. The largest absolute Gasteiger partial charge is 0.293 e. The van der Waals surface area contributed by atoms with Crippen LogP contribution in [0.25, 0.3) is 0 Å². The summed E-state index contributed by atoms with van der Waals surface area (Å²) in [6.45, 7) is 3.85. The number of ketones is 2. The lowest BCUT2D eigenvalue weighted by atomic mass is 10.0. The maximum Gasteiger partial charge on any atom is 0.175 e. The predicted molar refractivity (Wildman–Crippen MR) is 136 cm³/mol. The van der Waals surface area contributed by atoms with Gasteiger partial charge >= 0.3 is 0 Å².